The Balaban J connectivity index is 1.36. The molecule has 34 heavy (non-hydrogen) atoms. The number of fused-ring (bicyclic) bond motifs is 1. The Labute approximate surface area is 198 Å². The van der Waals surface area contributed by atoms with Gasteiger partial charge in [0.15, 0.2) is 11.5 Å². The van der Waals surface area contributed by atoms with E-state index in [9.17, 15) is 9.59 Å². The molecule has 0 atom stereocenters. The summed E-state index contributed by atoms with van der Waals surface area (Å²) in [5.74, 6) is 0.363. The van der Waals surface area contributed by atoms with Crippen molar-refractivity contribution in [1.82, 2.24) is 14.5 Å². The monoisotopic (exact) mass is 453 g/mol. The quantitative estimate of drug-likeness (QED) is 0.494. The summed E-state index contributed by atoms with van der Waals surface area (Å²) in [7, 11) is 0. The van der Waals surface area contributed by atoms with Crippen molar-refractivity contribution in [2.75, 3.05) is 23.3 Å². The first-order valence-electron chi connectivity index (χ1n) is 11.6. The lowest BCUT2D eigenvalue weighted by Crippen LogP contribution is -2.42. The molecular weight excluding hydrogens is 426 g/mol. The molecule has 7 nitrogen and oxygen atoms in total. The zero-order valence-corrected chi connectivity index (χ0v) is 19.1. The van der Waals surface area contributed by atoms with Gasteiger partial charge >= 0.3 is 0 Å². The van der Waals surface area contributed by atoms with Crippen molar-refractivity contribution in [2.24, 2.45) is 5.92 Å². The molecule has 7 heteroatoms. The lowest BCUT2D eigenvalue weighted by Gasteiger charge is -2.32. The molecule has 2 aromatic carbocycles. The number of piperidine rings is 1. The summed E-state index contributed by atoms with van der Waals surface area (Å²) >= 11 is 0. The summed E-state index contributed by atoms with van der Waals surface area (Å²) in [5.41, 5.74) is 4.06. The fourth-order valence-electron chi connectivity index (χ4n) is 4.50. The zero-order valence-electron chi connectivity index (χ0n) is 19.1. The molecule has 0 radical (unpaired) electrons. The smallest absolute Gasteiger partial charge is 0.295 e. The van der Waals surface area contributed by atoms with Crippen molar-refractivity contribution in [2.45, 2.75) is 26.3 Å². The van der Waals surface area contributed by atoms with E-state index in [-0.39, 0.29) is 17.4 Å². The first-order valence-corrected chi connectivity index (χ1v) is 11.6. The molecule has 3 heterocycles. The van der Waals surface area contributed by atoms with E-state index in [2.05, 4.69) is 15.3 Å². The minimum atomic E-state index is -0.155. The van der Waals surface area contributed by atoms with E-state index in [0.29, 0.717) is 49.5 Å². The van der Waals surface area contributed by atoms with Crippen LogP contribution in [0.5, 0.6) is 0 Å². The second kappa shape index (κ2) is 9.47. The zero-order chi connectivity index (χ0) is 23.5. The standard InChI is InChI=1S/C27H27N5O2/c1-19-7-5-10-22(17-19)29-26(33)21-12-15-31(16-13-21)25-27(34)32(18-20-8-3-2-4-9-20)24-23(30-25)11-6-14-28-24/h2-11,14,17,21H,12-13,15-16,18H2,1H3,(H,29,33). The van der Waals surface area contributed by atoms with Crippen molar-refractivity contribution < 1.29 is 4.79 Å². The maximum Gasteiger partial charge on any atom is 0.295 e. The van der Waals surface area contributed by atoms with Crippen LogP contribution in [-0.4, -0.2) is 33.5 Å². The largest absolute Gasteiger partial charge is 0.352 e. The van der Waals surface area contributed by atoms with E-state index in [1.54, 1.807) is 10.8 Å². The predicted octanol–water partition coefficient (Wildman–Crippen LogP) is 4.00. The van der Waals surface area contributed by atoms with Crippen LogP contribution in [0.25, 0.3) is 11.2 Å². The Morgan fingerprint density at radius 3 is 2.59 bits per heavy atom. The van der Waals surface area contributed by atoms with Crippen LogP contribution in [-0.2, 0) is 11.3 Å². The maximum absolute atomic E-state index is 13.5. The molecule has 1 amide bonds. The number of rotatable bonds is 5. The van der Waals surface area contributed by atoms with Gasteiger partial charge in [0.05, 0.1) is 6.54 Å². The number of benzene rings is 2. The molecule has 1 N–H and O–H groups in total. The number of carbonyl (C=O) groups excluding carboxylic acids is 1. The van der Waals surface area contributed by atoms with Crippen LogP contribution in [0.2, 0.25) is 0 Å². The van der Waals surface area contributed by atoms with Crippen molar-refractivity contribution in [3.63, 3.8) is 0 Å². The highest BCUT2D eigenvalue weighted by molar-refractivity contribution is 5.92. The molecule has 1 fully saturated rings. The third-order valence-corrected chi connectivity index (χ3v) is 6.32. The van der Waals surface area contributed by atoms with Crippen LogP contribution in [0, 0.1) is 12.8 Å². The molecule has 1 saturated heterocycles. The summed E-state index contributed by atoms with van der Waals surface area (Å²) in [6.45, 7) is 3.64. The number of aromatic nitrogens is 3. The molecule has 0 aliphatic carbocycles. The fourth-order valence-corrected chi connectivity index (χ4v) is 4.50. The van der Waals surface area contributed by atoms with Gasteiger partial charge in [-0.3, -0.25) is 14.2 Å². The van der Waals surface area contributed by atoms with Crippen LogP contribution >= 0.6 is 0 Å². The molecule has 1 aliphatic rings. The van der Waals surface area contributed by atoms with Gasteiger partial charge in [-0.15, -0.1) is 0 Å². The van der Waals surface area contributed by atoms with E-state index in [1.807, 2.05) is 78.6 Å². The summed E-state index contributed by atoms with van der Waals surface area (Å²) < 4.78 is 1.70. The van der Waals surface area contributed by atoms with Gasteiger partial charge in [0.1, 0.15) is 5.52 Å². The first-order chi connectivity index (χ1) is 16.6. The number of pyridine rings is 1. The summed E-state index contributed by atoms with van der Waals surface area (Å²) in [5, 5.41) is 3.03. The third kappa shape index (κ3) is 4.55. The Bertz CT molecular complexity index is 1370. The summed E-state index contributed by atoms with van der Waals surface area (Å²) in [4.78, 5) is 37.4. The number of aryl methyl sites for hydroxylation is 1. The van der Waals surface area contributed by atoms with Gasteiger partial charge in [0, 0.05) is 30.9 Å². The molecule has 2 aromatic heterocycles. The van der Waals surface area contributed by atoms with E-state index < -0.39 is 0 Å². The lowest BCUT2D eigenvalue weighted by molar-refractivity contribution is -0.120. The van der Waals surface area contributed by atoms with E-state index in [1.165, 1.54) is 0 Å². The second-order valence-electron chi connectivity index (χ2n) is 8.78. The van der Waals surface area contributed by atoms with Gasteiger partial charge in [-0.05, 0) is 55.2 Å². The number of hydrogen-bond acceptors (Lipinski definition) is 5. The number of nitrogens with zero attached hydrogens (tertiary/aromatic N) is 4. The first kappa shape index (κ1) is 21.8. The van der Waals surface area contributed by atoms with E-state index in [4.69, 9.17) is 0 Å². The molecule has 5 rings (SSSR count). The van der Waals surface area contributed by atoms with Crippen molar-refractivity contribution >= 4 is 28.6 Å². The number of hydrogen-bond donors (Lipinski definition) is 1. The highest BCUT2D eigenvalue weighted by Crippen LogP contribution is 2.23. The number of carbonyl (C=O) groups is 1. The van der Waals surface area contributed by atoms with E-state index in [0.717, 1.165) is 16.8 Å². The number of nitrogens with one attached hydrogen (secondary N) is 1. The Morgan fingerprint density at radius 1 is 1.03 bits per heavy atom. The minimum Gasteiger partial charge on any atom is -0.352 e. The molecule has 172 valence electrons. The highest BCUT2D eigenvalue weighted by atomic mass is 16.2. The van der Waals surface area contributed by atoms with Gasteiger partial charge in [-0.1, -0.05) is 42.5 Å². The summed E-state index contributed by atoms with van der Waals surface area (Å²) in [6.07, 6.45) is 3.02. The molecule has 1 aliphatic heterocycles. The molecule has 0 bridgehead atoms. The van der Waals surface area contributed by atoms with Gasteiger partial charge in [-0.2, -0.15) is 0 Å². The van der Waals surface area contributed by atoms with Crippen LogP contribution < -0.4 is 15.8 Å². The normalized spacial score (nSPS) is 14.3. The average Bonchev–Trinajstić information content (AvgIpc) is 2.86. The minimum absolute atomic E-state index is 0.0300. The average molecular weight is 454 g/mol. The molecule has 0 spiro atoms. The van der Waals surface area contributed by atoms with Crippen LogP contribution in [0.1, 0.15) is 24.0 Å². The Kier molecular flexibility index (Phi) is 6.08. The number of anilines is 2. The summed E-state index contributed by atoms with van der Waals surface area (Å²) in [6, 6.07) is 21.4. The van der Waals surface area contributed by atoms with Crippen LogP contribution in [0.4, 0.5) is 11.5 Å². The molecule has 0 unspecified atom stereocenters. The predicted molar refractivity (Wildman–Crippen MR) is 134 cm³/mol. The fraction of sp³-hybridized carbons (Fsp3) is 0.259. The van der Waals surface area contributed by atoms with Crippen molar-refractivity contribution in [3.8, 4) is 0 Å². The highest BCUT2D eigenvalue weighted by Gasteiger charge is 2.28. The van der Waals surface area contributed by atoms with Crippen molar-refractivity contribution in [3.05, 3.63) is 94.4 Å². The van der Waals surface area contributed by atoms with Crippen molar-refractivity contribution in [1.29, 1.82) is 0 Å². The van der Waals surface area contributed by atoms with E-state index >= 15 is 0 Å². The molecule has 4 aromatic rings. The Morgan fingerprint density at radius 2 is 1.82 bits per heavy atom. The topological polar surface area (TPSA) is 80.1 Å². The van der Waals surface area contributed by atoms with Gasteiger partial charge in [0.25, 0.3) is 5.56 Å². The SMILES string of the molecule is Cc1cccc(NC(=O)C2CCN(c3nc4cccnc4n(Cc4ccccc4)c3=O)CC2)c1. The number of amides is 1. The van der Waals surface area contributed by atoms with Gasteiger partial charge < -0.3 is 10.2 Å². The third-order valence-electron chi connectivity index (χ3n) is 6.32. The van der Waals surface area contributed by atoms with Crippen LogP contribution in [0.3, 0.4) is 0 Å². The molecule has 0 saturated carbocycles. The van der Waals surface area contributed by atoms with Gasteiger partial charge in [-0.25, -0.2) is 9.97 Å². The van der Waals surface area contributed by atoms with Gasteiger partial charge in [0.2, 0.25) is 5.91 Å². The Hall–Kier alpha value is -4.00. The molecular formula is C27H27N5O2. The van der Waals surface area contributed by atoms with Crippen LogP contribution in [0.15, 0.2) is 77.7 Å². The second-order valence-corrected chi connectivity index (χ2v) is 8.78. The lowest BCUT2D eigenvalue weighted by atomic mass is 9.95. The maximum atomic E-state index is 13.5.